The maximum atomic E-state index is 10.9. The van der Waals surface area contributed by atoms with Crippen molar-refractivity contribution in [2.24, 2.45) is 9.98 Å². The van der Waals surface area contributed by atoms with Gasteiger partial charge in [0.05, 0.1) is 30.7 Å². The quantitative estimate of drug-likeness (QED) is 0.278. The van der Waals surface area contributed by atoms with Crippen molar-refractivity contribution in [3.63, 3.8) is 0 Å². The summed E-state index contributed by atoms with van der Waals surface area (Å²) in [6.45, 7) is -0.268. The first-order valence-electron chi connectivity index (χ1n) is 9.52. The van der Waals surface area contributed by atoms with Gasteiger partial charge < -0.3 is 19.7 Å². The van der Waals surface area contributed by atoms with Crippen molar-refractivity contribution < 1.29 is 29.3 Å². The zero-order chi connectivity index (χ0) is 20.8. The standard InChI is InChI=1S/C19H19N5O6/c25-5-10(6-26)11-3-13(11)29-15-1-2-20-18-17-19(22-9-23(15)18)24(8-21-17)16-4-12(28)14(7-27)30-16/h1-2,5-6,8-9,12-16,27-28H,3-4,7H2/t12-,13?,14+,15?,16+/m0/s1. The third kappa shape index (κ3) is 3.03. The minimum atomic E-state index is -0.765. The Morgan fingerprint density at radius 2 is 2.20 bits per heavy atom. The van der Waals surface area contributed by atoms with Gasteiger partial charge in [0.15, 0.2) is 36.1 Å². The number of aromatic nitrogens is 2. The molecule has 1 aliphatic carbocycles. The first-order valence-corrected chi connectivity index (χ1v) is 9.52. The highest BCUT2D eigenvalue weighted by atomic mass is 16.5. The molecule has 11 heteroatoms. The maximum Gasteiger partial charge on any atom is 0.167 e. The number of imidazole rings is 1. The smallest absolute Gasteiger partial charge is 0.167 e. The number of allylic oxidation sites excluding steroid dienone is 1. The summed E-state index contributed by atoms with van der Waals surface area (Å²) in [5.74, 6) is 1.08. The predicted molar refractivity (Wildman–Crippen MR) is 102 cm³/mol. The summed E-state index contributed by atoms with van der Waals surface area (Å²) >= 11 is 0. The van der Waals surface area contributed by atoms with Gasteiger partial charge in [0.25, 0.3) is 0 Å². The van der Waals surface area contributed by atoms with Crippen molar-refractivity contribution in [2.45, 2.75) is 43.6 Å². The van der Waals surface area contributed by atoms with Crippen molar-refractivity contribution in [3.05, 3.63) is 35.4 Å². The highest BCUT2D eigenvalue weighted by molar-refractivity contribution is 6.09. The molecule has 2 N–H and O–H groups in total. The lowest BCUT2D eigenvalue weighted by molar-refractivity contribution is -0.109. The van der Waals surface area contributed by atoms with Crippen molar-refractivity contribution in [1.29, 1.82) is 0 Å². The van der Waals surface area contributed by atoms with Gasteiger partial charge in [-0.1, -0.05) is 0 Å². The lowest BCUT2D eigenvalue weighted by atomic mass is 10.2. The molecule has 1 saturated carbocycles. The summed E-state index contributed by atoms with van der Waals surface area (Å²) in [5, 5.41) is 19.3. The van der Waals surface area contributed by atoms with Crippen LogP contribution in [0.25, 0.3) is 0 Å². The lowest BCUT2D eigenvalue weighted by Crippen LogP contribution is -2.44. The molecule has 0 aromatic carbocycles. The summed E-state index contributed by atoms with van der Waals surface area (Å²) in [5.41, 5.74) is 1.35. The van der Waals surface area contributed by atoms with Gasteiger partial charge in [-0.3, -0.25) is 19.1 Å². The highest BCUT2D eigenvalue weighted by Crippen LogP contribution is 2.39. The van der Waals surface area contributed by atoms with E-state index in [4.69, 9.17) is 9.47 Å². The molecule has 2 unspecified atom stereocenters. The van der Waals surface area contributed by atoms with Gasteiger partial charge in [-0.2, -0.15) is 0 Å². The Balaban J connectivity index is 1.36. The van der Waals surface area contributed by atoms with E-state index < -0.39 is 24.7 Å². The van der Waals surface area contributed by atoms with Gasteiger partial charge >= 0.3 is 0 Å². The number of aliphatic hydroxyl groups is 2. The molecule has 156 valence electrons. The van der Waals surface area contributed by atoms with Gasteiger partial charge in [-0.05, 0) is 11.6 Å². The van der Waals surface area contributed by atoms with Crippen molar-refractivity contribution in [1.82, 2.24) is 14.5 Å². The Kier molecular flexibility index (Phi) is 4.66. The Hall–Kier alpha value is -2.99. The third-order valence-electron chi connectivity index (χ3n) is 5.51. The molecule has 2 fully saturated rings. The van der Waals surface area contributed by atoms with Crippen molar-refractivity contribution in [2.75, 3.05) is 6.61 Å². The Labute approximate surface area is 170 Å². The fourth-order valence-electron chi connectivity index (χ4n) is 3.82. The number of hydrogen-bond donors (Lipinski definition) is 2. The largest absolute Gasteiger partial charge is 0.394 e. The number of amidine groups is 1. The minimum absolute atomic E-state index is 0.127. The normalized spacial score (nSPS) is 31.3. The second-order valence-corrected chi connectivity index (χ2v) is 7.32. The number of carbonyl (C=O) groups excluding carboxylic acids is 2. The summed E-state index contributed by atoms with van der Waals surface area (Å²) in [6.07, 6.45) is 5.72. The average molecular weight is 413 g/mol. The van der Waals surface area contributed by atoms with Gasteiger partial charge in [0.1, 0.15) is 18.7 Å². The second-order valence-electron chi connectivity index (χ2n) is 7.32. The Morgan fingerprint density at radius 3 is 2.93 bits per heavy atom. The van der Waals surface area contributed by atoms with E-state index in [9.17, 15) is 19.8 Å². The van der Waals surface area contributed by atoms with Crippen LogP contribution in [0, 0.1) is 0 Å². The number of fused-ring (bicyclic) bond motifs is 3. The molecule has 4 heterocycles. The molecule has 5 atom stereocenters. The number of aliphatic hydroxyl groups excluding tert-OH is 2. The van der Waals surface area contributed by atoms with E-state index in [-0.39, 0.29) is 18.3 Å². The fraction of sp³-hybridized carbons (Fsp3) is 0.421. The molecule has 11 nitrogen and oxygen atoms in total. The summed E-state index contributed by atoms with van der Waals surface area (Å²) in [7, 11) is 0. The number of ether oxygens (including phenoxy) is 2. The number of aliphatic imine (C=N–C) groups is 2. The SMILES string of the molecule is O=CC(C=O)=C1CC1OC1C=CN=C2c3ncn([C@H]4C[C@H](O)[C@@H](CO)O4)c3N=CN21. The van der Waals surface area contributed by atoms with Crippen LogP contribution in [0.1, 0.15) is 24.8 Å². The number of carbonyl (C=O) groups is 2. The van der Waals surface area contributed by atoms with E-state index >= 15 is 0 Å². The topological polar surface area (TPSA) is 139 Å². The molecule has 3 aliphatic heterocycles. The molecule has 0 radical (unpaired) electrons. The van der Waals surface area contributed by atoms with E-state index in [0.29, 0.717) is 48.3 Å². The van der Waals surface area contributed by atoms with E-state index in [2.05, 4.69) is 15.0 Å². The van der Waals surface area contributed by atoms with Crippen LogP contribution >= 0.6 is 0 Å². The van der Waals surface area contributed by atoms with Crippen LogP contribution in [0.15, 0.2) is 39.7 Å². The summed E-state index contributed by atoms with van der Waals surface area (Å²) in [6, 6.07) is 0. The second kappa shape index (κ2) is 7.36. The molecule has 1 aromatic heterocycles. The predicted octanol–water partition coefficient (Wildman–Crippen LogP) is -0.418. The van der Waals surface area contributed by atoms with E-state index in [1.807, 2.05) is 0 Å². The maximum absolute atomic E-state index is 10.9. The monoisotopic (exact) mass is 413 g/mol. The van der Waals surface area contributed by atoms with Crippen LogP contribution in [0.5, 0.6) is 0 Å². The number of aldehydes is 2. The molecule has 5 rings (SSSR count). The highest BCUT2D eigenvalue weighted by Gasteiger charge is 2.41. The molecule has 4 aliphatic rings. The van der Waals surface area contributed by atoms with Gasteiger partial charge in [0, 0.05) is 19.0 Å². The van der Waals surface area contributed by atoms with E-state index in [0.717, 1.165) is 0 Å². The summed E-state index contributed by atoms with van der Waals surface area (Å²) in [4.78, 5) is 36.9. The zero-order valence-corrected chi connectivity index (χ0v) is 15.7. The van der Waals surface area contributed by atoms with Crippen molar-refractivity contribution >= 4 is 30.6 Å². The fourth-order valence-corrected chi connectivity index (χ4v) is 3.82. The summed E-state index contributed by atoms with van der Waals surface area (Å²) < 4.78 is 13.4. The van der Waals surface area contributed by atoms with Crippen LogP contribution in [-0.4, -0.2) is 80.6 Å². The first-order chi connectivity index (χ1) is 14.6. The van der Waals surface area contributed by atoms with Gasteiger partial charge in [-0.15, -0.1) is 0 Å². The number of nitrogens with zero attached hydrogens (tertiary/aromatic N) is 5. The Bertz CT molecular complexity index is 1000. The zero-order valence-electron chi connectivity index (χ0n) is 15.7. The van der Waals surface area contributed by atoms with Crippen LogP contribution in [0.3, 0.4) is 0 Å². The van der Waals surface area contributed by atoms with Crippen molar-refractivity contribution in [3.8, 4) is 0 Å². The third-order valence-corrected chi connectivity index (χ3v) is 5.51. The average Bonchev–Trinajstić information content (AvgIpc) is 3.20. The molecule has 0 bridgehead atoms. The molecular formula is C19H19N5O6. The van der Waals surface area contributed by atoms with Crippen LogP contribution in [0.4, 0.5) is 5.82 Å². The van der Waals surface area contributed by atoms with E-state index in [1.165, 1.54) is 0 Å². The molecule has 0 amide bonds. The molecule has 30 heavy (non-hydrogen) atoms. The van der Waals surface area contributed by atoms with Gasteiger partial charge in [0.2, 0.25) is 0 Å². The lowest BCUT2D eigenvalue weighted by Gasteiger charge is -2.32. The van der Waals surface area contributed by atoms with Crippen LogP contribution < -0.4 is 0 Å². The van der Waals surface area contributed by atoms with Gasteiger partial charge in [-0.25, -0.2) is 15.0 Å². The molecule has 1 saturated heterocycles. The van der Waals surface area contributed by atoms with Crippen LogP contribution in [0.2, 0.25) is 0 Å². The Morgan fingerprint density at radius 1 is 1.37 bits per heavy atom. The minimum Gasteiger partial charge on any atom is -0.394 e. The first kappa shape index (κ1) is 19.0. The number of hydrogen-bond acceptors (Lipinski definition) is 10. The molecule has 0 spiro atoms. The van der Waals surface area contributed by atoms with Crippen LogP contribution in [-0.2, 0) is 19.1 Å². The molecule has 1 aromatic rings. The molecular weight excluding hydrogens is 394 g/mol. The number of rotatable bonds is 6. The van der Waals surface area contributed by atoms with E-state index in [1.54, 1.807) is 34.4 Å².